The first-order valence-electron chi connectivity index (χ1n) is 10.5. The highest BCUT2D eigenvalue weighted by atomic mass is 16.5. The second-order valence-corrected chi connectivity index (χ2v) is 7.36. The Morgan fingerprint density at radius 3 is 2.19 bits per heavy atom. The predicted molar refractivity (Wildman–Crippen MR) is 120 cm³/mol. The summed E-state index contributed by atoms with van der Waals surface area (Å²) >= 11 is 0. The molecule has 32 heavy (non-hydrogen) atoms. The number of ether oxygens (including phenoxy) is 1. The van der Waals surface area contributed by atoms with Crippen LogP contribution in [0.25, 0.3) is 4.85 Å². The number of nitrogens with zero attached hydrogens (tertiary/aromatic N) is 4. The van der Waals surface area contributed by atoms with Crippen LogP contribution in [0.2, 0.25) is 0 Å². The molecule has 0 unspecified atom stereocenters. The van der Waals surface area contributed by atoms with Gasteiger partial charge in [-0.15, -0.1) is 0 Å². The van der Waals surface area contributed by atoms with E-state index in [4.69, 9.17) is 16.6 Å². The molecular weight excluding hydrogens is 406 g/mol. The first kappa shape index (κ1) is 22.6. The molecule has 0 aliphatic carbocycles. The summed E-state index contributed by atoms with van der Waals surface area (Å²) in [5.74, 6) is -0.234. The molecule has 164 valence electrons. The van der Waals surface area contributed by atoms with Crippen molar-refractivity contribution in [3.8, 4) is 11.8 Å². The zero-order valence-electron chi connectivity index (χ0n) is 17.8. The fourth-order valence-corrected chi connectivity index (χ4v) is 3.37. The van der Waals surface area contributed by atoms with Crippen LogP contribution in [-0.4, -0.2) is 60.9 Å². The zero-order chi connectivity index (χ0) is 22.8. The van der Waals surface area contributed by atoms with Gasteiger partial charge in [-0.2, -0.15) is 5.26 Å². The molecule has 2 aromatic carbocycles. The van der Waals surface area contributed by atoms with Gasteiger partial charge in [-0.05, 0) is 49.2 Å². The highest BCUT2D eigenvalue weighted by Gasteiger charge is 2.31. The van der Waals surface area contributed by atoms with E-state index >= 15 is 0 Å². The van der Waals surface area contributed by atoms with Crippen LogP contribution in [0.5, 0.6) is 5.75 Å². The molecule has 0 bridgehead atoms. The quantitative estimate of drug-likeness (QED) is 0.355. The Labute approximate surface area is 187 Å². The van der Waals surface area contributed by atoms with Crippen LogP contribution in [0.15, 0.2) is 48.5 Å². The Bertz CT molecular complexity index is 922. The van der Waals surface area contributed by atoms with Gasteiger partial charge in [0.15, 0.2) is 5.69 Å². The van der Waals surface area contributed by atoms with E-state index in [0.29, 0.717) is 62.8 Å². The van der Waals surface area contributed by atoms with Gasteiger partial charge < -0.3 is 19.9 Å². The maximum atomic E-state index is 12.4. The van der Waals surface area contributed by atoms with Crippen molar-refractivity contribution in [3.63, 3.8) is 0 Å². The van der Waals surface area contributed by atoms with Gasteiger partial charge in [0, 0.05) is 38.4 Å². The van der Waals surface area contributed by atoms with Gasteiger partial charge in [0.1, 0.15) is 5.75 Å². The van der Waals surface area contributed by atoms with E-state index in [-0.39, 0.29) is 0 Å². The summed E-state index contributed by atoms with van der Waals surface area (Å²) in [5.41, 5.74) is 2.09. The molecule has 0 radical (unpaired) electrons. The molecule has 3 rings (SSSR count). The number of piperazine rings is 1. The minimum atomic E-state index is -0.460. The molecule has 1 aliphatic heterocycles. The molecule has 2 amide bonds. The lowest BCUT2D eigenvalue weighted by atomic mass is 10.2. The number of hydrogen-bond donors (Lipinski definition) is 1. The minimum absolute atomic E-state index is 0.431. The summed E-state index contributed by atoms with van der Waals surface area (Å²) in [6, 6.07) is 16.2. The van der Waals surface area contributed by atoms with Gasteiger partial charge in [-0.25, -0.2) is 4.85 Å². The van der Waals surface area contributed by atoms with E-state index in [1.807, 2.05) is 12.1 Å². The summed E-state index contributed by atoms with van der Waals surface area (Å²) in [6.45, 7) is 10.1. The molecule has 0 atom stereocenters. The molecule has 1 N–H and O–H groups in total. The molecular formula is C24H25N5O3. The van der Waals surface area contributed by atoms with Crippen molar-refractivity contribution < 1.29 is 14.3 Å². The third-order valence-corrected chi connectivity index (χ3v) is 5.15. The van der Waals surface area contributed by atoms with E-state index < -0.39 is 11.8 Å². The van der Waals surface area contributed by atoms with Crippen LogP contribution < -0.4 is 10.1 Å². The number of anilines is 1. The summed E-state index contributed by atoms with van der Waals surface area (Å²) in [4.78, 5) is 31.3. The number of carbonyl (C=O) groups excluding carboxylic acids is 2. The smallest absolute Gasteiger partial charge is 0.312 e. The van der Waals surface area contributed by atoms with Crippen molar-refractivity contribution in [2.75, 3.05) is 44.6 Å². The normalized spacial score (nSPS) is 13.4. The second kappa shape index (κ2) is 11.4. The number of nitrogens with one attached hydrogen (secondary N) is 1. The standard InChI is InChI=1S/C24H25N5O3/c1-26-20-8-10-22(11-9-20)32-17-3-14-29-16-15-28(23(30)24(29)31)13-2-12-27-21-6-4-19(18-25)5-7-21/h4-11,27H,2-3,12-17H2. The van der Waals surface area contributed by atoms with Crippen LogP contribution in [0.4, 0.5) is 11.4 Å². The van der Waals surface area contributed by atoms with Crippen molar-refractivity contribution in [1.82, 2.24) is 9.80 Å². The number of benzene rings is 2. The van der Waals surface area contributed by atoms with Gasteiger partial charge in [-0.3, -0.25) is 9.59 Å². The molecule has 1 saturated heterocycles. The molecule has 1 aliphatic rings. The topological polar surface area (TPSA) is 90.0 Å². The molecule has 0 spiro atoms. The Morgan fingerprint density at radius 1 is 0.969 bits per heavy atom. The number of hydrogen-bond acceptors (Lipinski definition) is 5. The van der Waals surface area contributed by atoms with E-state index in [1.54, 1.807) is 46.2 Å². The summed E-state index contributed by atoms with van der Waals surface area (Å²) in [5, 5.41) is 12.1. The molecule has 0 saturated carbocycles. The summed E-state index contributed by atoms with van der Waals surface area (Å²) < 4.78 is 5.64. The summed E-state index contributed by atoms with van der Waals surface area (Å²) in [6.07, 6.45) is 1.34. The van der Waals surface area contributed by atoms with E-state index in [0.717, 1.165) is 12.1 Å². The fraction of sp³-hybridized carbons (Fsp3) is 0.333. The Morgan fingerprint density at radius 2 is 1.59 bits per heavy atom. The van der Waals surface area contributed by atoms with Crippen molar-refractivity contribution in [3.05, 3.63) is 65.5 Å². The number of rotatable bonds is 10. The molecule has 8 heteroatoms. The second-order valence-electron chi connectivity index (χ2n) is 7.36. The maximum Gasteiger partial charge on any atom is 0.312 e. The van der Waals surface area contributed by atoms with Crippen LogP contribution in [0.1, 0.15) is 18.4 Å². The SMILES string of the molecule is [C-]#[N+]c1ccc(OCCCN2CCN(CCCNc3ccc(C#N)cc3)C(=O)C2=O)cc1. The highest BCUT2D eigenvalue weighted by Crippen LogP contribution is 2.18. The van der Waals surface area contributed by atoms with E-state index in [9.17, 15) is 9.59 Å². The van der Waals surface area contributed by atoms with Crippen LogP contribution in [-0.2, 0) is 9.59 Å². The van der Waals surface area contributed by atoms with Crippen LogP contribution >= 0.6 is 0 Å². The van der Waals surface area contributed by atoms with Gasteiger partial charge >= 0.3 is 11.8 Å². The zero-order valence-corrected chi connectivity index (χ0v) is 17.8. The predicted octanol–water partition coefficient (Wildman–Crippen LogP) is 3.05. The maximum absolute atomic E-state index is 12.4. The van der Waals surface area contributed by atoms with Crippen LogP contribution in [0.3, 0.4) is 0 Å². The monoisotopic (exact) mass is 431 g/mol. The average molecular weight is 431 g/mol. The fourth-order valence-electron chi connectivity index (χ4n) is 3.37. The Hall–Kier alpha value is -4.04. The molecule has 0 aromatic heterocycles. The van der Waals surface area contributed by atoms with Gasteiger partial charge in [-0.1, -0.05) is 12.1 Å². The third-order valence-electron chi connectivity index (χ3n) is 5.15. The largest absolute Gasteiger partial charge is 0.494 e. The third kappa shape index (κ3) is 6.23. The molecule has 1 heterocycles. The van der Waals surface area contributed by atoms with Crippen molar-refractivity contribution in [2.24, 2.45) is 0 Å². The minimum Gasteiger partial charge on any atom is -0.494 e. The van der Waals surface area contributed by atoms with E-state index in [1.165, 1.54) is 0 Å². The number of amides is 2. The average Bonchev–Trinajstić information content (AvgIpc) is 2.84. The van der Waals surface area contributed by atoms with Gasteiger partial charge in [0.2, 0.25) is 0 Å². The van der Waals surface area contributed by atoms with Gasteiger partial charge in [0.25, 0.3) is 0 Å². The molecule has 8 nitrogen and oxygen atoms in total. The van der Waals surface area contributed by atoms with Crippen molar-refractivity contribution in [1.29, 1.82) is 5.26 Å². The Kier molecular flexibility index (Phi) is 8.05. The first-order valence-corrected chi connectivity index (χ1v) is 10.5. The Balaban J connectivity index is 1.33. The molecule has 1 fully saturated rings. The van der Waals surface area contributed by atoms with Crippen molar-refractivity contribution in [2.45, 2.75) is 12.8 Å². The lowest BCUT2D eigenvalue weighted by Gasteiger charge is -2.33. The van der Waals surface area contributed by atoms with Gasteiger partial charge in [0.05, 0.1) is 24.8 Å². The van der Waals surface area contributed by atoms with Crippen molar-refractivity contribution >= 4 is 23.2 Å². The summed E-state index contributed by atoms with van der Waals surface area (Å²) in [7, 11) is 0. The lowest BCUT2D eigenvalue weighted by Crippen LogP contribution is -2.54. The highest BCUT2D eigenvalue weighted by molar-refractivity contribution is 6.35. The first-order chi connectivity index (χ1) is 15.6. The lowest BCUT2D eigenvalue weighted by molar-refractivity contribution is -0.156. The number of nitriles is 1. The van der Waals surface area contributed by atoms with Crippen LogP contribution in [0, 0.1) is 17.9 Å². The number of carbonyl (C=O) groups is 2. The van der Waals surface area contributed by atoms with E-state index in [2.05, 4.69) is 16.2 Å². The molecule has 2 aromatic rings.